The van der Waals surface area contributed by atoms with Crippen molar-refractivity contribution in [3.05, 3.63) is 30.3 Å². The molecule has 0 unspecified atom stereocenters. The maximum atomic E-state index is 11.5. The van der Waals surface area contributed by atoms with Crippen molar-refractivity contribution in [1.29, 1.82) is 0 Å². The van der Waals surface area contributed by atoms with E-state index < -0.39 is 9.84 Å². The van der Waals surface area contributed by atoms with Crippen molar-refractivity contribution >= 4 is 21.6 Å². The van der Waals surface area contributed by atoms with Crippen LogP contribution in [0.4, 0.5) is 11.8 Å². The van der Waals surface area contributed by atoms with Gasteiger partial charge < -0.3 is 10.6 Å². The Morgan fingerprint density at radius 1 is 1.09 bits per heavy atom. The molecule has 1 aromatic heterocycles. The van der Waals surface area contributed by atoms with E-state index in [9.17, 15) is 8.42 Å². The van der Waals surface area contributed by atoms with E-state index in [1.807, 2.05) is 6.07 Å². The SMILES string of the molecule is CS(=O)(=O)c1ccc(-c2cc(N3CCCC3)nc(N)n2)cc1. The predicted octanol–water partition coefficient (Wildman–Crippen LogP) is 1.73. The second-order valence-electron chi connectivity index (χ2n) is 5.46. The molecule has 0 radical (unpaired) electrons. The number of rotatable bonds is 3. The third-order valence-corrected chi connectivity index (χ3v) is 4.87. The standard InChI is InChI=1S/C15H18N4O2S/c1-22(20,21)12-6-4-11(5-7-12)13-10-14(18-15(16)17-13)19-8-2-3-9-19/h4-7,10H,2-3,8-9H2,1H3,(H2,16,17,18). The summed E-state index contributed by atoms with van der Waals surface area (Å²) in [4.78, 5) is 11.0. The lowest BCUT2D eigenvalue weighted by molar-refractivity contribution is 0.602. The first-order valence-electron chi connectivity index (χ1n) is 7.13. The van der Waals surface area contributed by atoms with E-state index >= 15 is 0 Å². The number of nitrogens with zero attached hydrogens (tertiary/aromatic N) is 3. The summed E-state index contributed by atoms with van der Waals surface area (Å²) < 4.78 is 23.0. The molecule has 0 amide bonds. The van der Waals surface area contributed by atoms with Crippen LogP contribution >= 0.6 is 0 Å². The van der Waals surface area contributed by atoms with Gasteiger partial charge >= 0.3 is 0 Å². The molecule has 1 fully saturated rings. The van der Waals surface area contributed by atoms with Gasteiger partial charge in [0, 0.05) is 31.0 Å². The van der Waals surface area contributed by atoms with Gasteiger partial charge in [0.05, 0.1) is 10.6 Å². The normalized spacial score (nSPS) is 15.2. The van der Waals surface area contributed by atoms with E-state index in [0.29, 0.717) is 5.69 Å². The van der Waals surface area contributed by atoms with Crippen molar-refractivity contribution < 1.29 is 8.42 Å². The summed E-state index contributed by atoms with van der Waals surface area (Å²) in [6.45, 7) is 1.95. The molecule has 1 aliphatic heterocycles. The van der Waals surface area contributed by atoms with Crippen molar-refractivity contribution in [3.8, 4) is 11.3 Å². The molecule has 0 spiro atoms. The van der Waals surface area contributed by atoms with E-state index in [2.05, 4.69) is 14.9 Å². The fraction of sp³-hybridized carbons (Fsp3) is 0.333. The van der Waals surface area contributed by atoms with Crippen LogP contribution < -0.4 is 10.6 Å². The van der Waals surface area contributed by atoms with Crippen LogP contribution in [0.2, 0.25) is 0 Å². The first-order chi connectivity index (χ1) is 10.4. The van der Waals surface area contributed by atoms with Crippen LogP contribution in [0, 0.1) is 0 Å². The summed E-state index contributed by atoms with van der Waals surface area (Å²) in [5, 5.41) is 0. The zero-order chi connectivity index (χ0) is 15.7. The summed E-state index contributed by atoms with van der Waals surface area (Å²) in [6, 6.07) is 8.55. The van der Waals surface area contributed by atoms with Crippen molar-refractivity contribution in [2.24, 2.45) is 0 Å². The van der Waals surface area contributed by atoms with Crippen LogP contribution in [-0.2, 0) is 9.84 Å². The lowest BCUT2D eigenvalue weighted by atomic mass is 10.1. The van der Waals surface area contributed by atoms with Crippen LogP contribution in [0.3, 0.4) is 0 Å². The fourth-order valence-electron chi connectivity index (χ4n) is 2.58. The third-order valence-electron chi connectivity index (χ3n) is 3.74. The molecule has 0 atom stereocenters. The average Bonchev–Trinajstić information content (AvgIpc) is 3.00. The predicted molar refractivity (Wildman–Crippen MR) is 86.4 cm³/mol. The Bertz CT molecular complexity index is 782. The molecule has 1 aromatic carbocycles. The minimum atomic E-state index is -3.20. The Labute approximate surface area is 129 Å². The molecule has 7 heteroatoms. The summed E-state index contributed by atoms with van der Waals surface area (Å²) in [5.41, 5.74) is 7.34. The van der Waals surface area contributed by atoms with Crippen LogP contribution in [0.15, 0.2) is 35.2 Å². The Balaban J connectivity index is 1.97. The molecular formula is C15H18N4O2S. The summed E-state index contributed by atoms with van der Waals surface area (Å²) in [5.74, 6) is 1.05. The van der Waals surface area contributed by atoms with Crippen molar-refractivity contribution in [2.45, 2.75) is 17.7 Å². The lowest BCUT2D eigenvalue weighted by Gasteiger charge is -2.17. The number of nitrogen functional groups attached to an aromatic ring is 1. The second kappa shape index (κ2) is 5.57. The van der Waals surface area contributed by atoms with E-state index in [1.54, 1.807) is 24.3 Å². The monoisotopic (exact) mass is 318 g/mol. The lowest BCUT2D eigenvalue weighted by Crippen LogP contribution is -2.19. The number of aromatic nitrogens is 2. The number of hydrogen-bond acceptors (Lipinski definition) is 6. The molecule has 0 aliphatic carbocycles. The van der Waals surface area contributed by atoms with Crippen molar-refractivity contribution in [1.82, 2.24) is 9.97 Å². The van der Waals surface area contributed by atoms with E-state index in [-0.39, 0.29) is 10.8 Å². The number of benzene rings is 1. The maximum absolute atomic E-state index is 11.5. The number of anilines is 2. The van der Waals surface area contributed by atoms with Gasteiger partial charge in [-0.2, -0.15) is 4.98 Å². The maximum Gasteiger partial charge on any atom is 0.222 e. The largest absolute Gasteiger partial charge is 0.368 e. The van der Waals surface area contributed by atoms with Gasteiger partial charge in [-0.3, -0.25) is 0 Å². The molecule has 0 saturated carbocycles. The summed E-state index contributed by atoms with van der Waals surface area (Å²) in [6.07, 6.45) is 3.50. The van der Waals surface area contributed by atoms with E-state index in [1.165, 1.54) is 6.26 Å². The highest BCUT2D eigenvalue weighted by atomic mass is 32.2. The van der Waals surface area contributed by atoms with Gasteiger partial charge in [-0.15, -0.1) is 0 Å². The average molecular weight is 318 g/mol. The van der Waals surface area contributed by atoms with E-state index in [4.69, 9.17) is 5.73 Å². The van der Waals surface area contributed by atoms with Gasteiger partial charge in [0.1, 0.15) is 5.82 Å². The van der Waals surface area contributed by atoms with Gasteiger partial charge in [-0.05, 0) is 25.0 Å². The van der Waals surface area contributed by atoms with Crippen molar-refractivity contribution in [3.63, 3.8) is 0 Å². The highest BCUT2D eigenvalue weighted by Gasteiger charge is 2.16. The molecule has 0 bridgehead atoms. The number of nitrogens with two attached hydrogens (primary N) is 1. The molecule has 22 heavy (non-hydrogen) atoms. The highest BCUT2D eigenvalue weighted by molar-refractivity contribution is 7.90. The van der Waals surface area contributed by atoms with Crippen LogP contribution in [0.1, 0.15) is 12.8 Å². The van der Waals surface area contributed by atoms with Gasteiger partial charge in [0.25, 0.3) is 0 Å². The van der Waals surface area contributed by atoms with Gasteiger partial charge in [0.2, 0.25) is 5.95 Å². The van der Waals surface area contributed by atoms with Crippen LogP contribution in [0.25, 0.3) is 11.3 Å². The molecular weight excluding hydrogens is 300 g/mol. The van der Waals surface area contributed by atoms with Gasteiger partial charge in [-0.25, -0.2) is 13.4 Å². The fourth-order valence-corrected chi connectivity index (χ4v) is 3.21. The number of sulfone groups is 1. The minimum Gasteiger partial charge on any atom is -0.368 e. The first kappa shape index (κ1) is 14.8. The number of hydrogen-bond donors (Lipinski definition) is 1. The molecule has 2 N–H and O–H groups in total. The topological polar surface area (TPSA) is 89.2 Å². The second-order valence-corrected chi connectivity index (χ2v) is 7.48. The van der Waals surface area contributed by atoms with Crippen molar-refractivity contribution in [2.75, 3.05) is 30.0 Å². The third kappa shape index (κ3) is 3.04. The smallest absolute Gasteiger partial charge is 0.222 e. The van der Waals surface area contributed by atoms with Gasteiger partial charge in [0.15, 0.2) is 9.84 Å². The zero-order valence-electron chi connectivity index (χ0n) is 12.4. The molecule has 6 nitrogen and oxygen atoms in total. The Hall–Kier alpha value is -2.15. The quantitative estimate of drug-likeness (QED) is 0.927. The minimum absolute atomic E-state index is 0.228. The Morgan fingerprint density at radius 3 is 2.32 bits per heavy atom. The van der Waals surface area contributed by atoms with Crippen LogP contribution in [-0.4, -0.2) is 37.7 Å². The molecule has 1 saturated heterocycles. The molecule has 2 aromatic rings. The molecule has 2 heterocycles. The first-order valence-corrected chi connectivity index (χ1v) is 9.02. The van der Waals surface area contributed by atoms with Crippen LogP contribution in [0.5, 0.6) is 0 Å². The molecule has 1 aliphatic rings. The Morgan fingerprint density at radius 2 is 1.73 bits per heavy atom. The summed E-state index contributed by atoms with van der Waals surface area (Å²) in [7, 11) is -3.20. The molecule has 116 valence electrons. The Kier molecular flexibility index (Phi) is 3.74. The summed E-state index contributed by atoms with van der Waals surface area (Å²) >= 11 is 0. The van der Waals surface area contributed by atoms with Gasteiger partial charge in [-0.1, -0.05) is 12.1 Å². The highest BCUT2D eigenvalue weighted by Crippen LogP contribution is 2.25. The van der Waals surface area contributed by atoms with E-state index in [0.717, 1.165) is 37.3 Å². The zero-order valence-corrected chi connectivity index (χ0v) is 13.2. The molecule has 3 rings (SSSR count).